The Morgan fingerprint density at radius 2 is 2.14 bits per heavy atom. The number of rotatable bonds is 4. The van der Waals surface area contributed by atoms with E-state index in [0.717, 1.165) is 0 Å². The first-order chi connectivity index (χ1) is 10.4. The predicted octanol–water partition coefficient (Wildman–Crippen LogP) is 1.88. The van der Waals surface area contributed by atoms with Crippen LogP contribution < -0.4 is 15.8 Å². The van der Waals surface area contributed by atoms with Gasteiger partial charge in [0.1, 0.15) is 11.6 Å². The molecule has 3 N–H and O–H groups in total. The van der Waals surface area contributed by atoms with Crippen LogP contribution in [0.2, 0.25) is 0 Å². The maximum atomic E-state index is 12.4. The van der Waals surface area contributed by atoms with Crippen molar-refractivity contribution >= 4 is 23.6 Å². The molecule has 2 rings (SSSR count). The van der Waals surface area contributed by atoms with Gasteiger partial charge in [-0.25, -0.2) is 0 Å². The highest BCUT2D eigenvalue weighted by molar-refractivity contribution is 6.06. The maximum Gasteiger partial charge on any atom is 0.310 e. The number of para-hydroxylation sites is 1. The molecule has 0 spiro atoms. The van der Waals surface area contributed by atoms with Crippen molar-refractivity contribution in [1.29, 1.82) is 0 Å². The number of hydrogen-bond donors (Lipinski definition) is 2. The van der Waals surface area contributed by atoms with Gasteiger partial charge in [-0.2, -0.15) is 4.98 Å². The van der Waals surface area contributed by atoms with Crippen LogP contribution in [0, 0.1) is 6.92 Å². The summed E-state index contributed by atoms with van der Waals surface area (Å²) in [6, 6.07) is 5.08. The van der Waals surface area contributed by atoms with E-state index in [-0.39, 0.29) is 17.7 Å². The van der Waals surface area contributed by atoms with E-state index in [2.05, 4.69) is 10.3 Å². The molecule has 0 atom stereocenters. The van der Waals surface area contributed by atoms with Crippen LogP contribution >= 0.6 is 0 Å². The van der Waals surface area contributed by atoms with Crippen molar-refractivity contribution in [3.05, 3.63) is 35.5 Å². The van der Waals surface area contributed by atoms with Crippen LogP contribution in [0.1, 0.15) is 29.3 Å². The highest BCUT2D eigenvalue weighted by Gasteiger charge is 2.18. The molecule has 7 heteroatoms. The Morgan fingerprint density at radius 1 is 1.41 bits per heavy atom. The monoisotopic (exact) mass is 302 g/mol. The fourth-order valence-corrected chi connectivity index (χ4v) is 1.93. The summed E-state index contributed by atoms with van der Waals surface area (Å²) in [7, 11) is 1.72. The second-order valence-electron chi connectivity index (χ2n) is 4.83. The van der Waals surface area contributed by atoms with E-state index in [4.69, 9.17) is 10.5 Å². The van der Waals surface area contributed by atoms with Gasteiger partial charge < -0.3 is 15.0 Å². The number of nitrogens with zero attached hydrogens (tertiary/aromatic N) is 2. The minimum atomic E-state index is -0.420. The van der Waals surface area contributed by atoms with E-state index in [1.807, 2.05) is 0 Å². The molecule has 1 amide bonds. The number of esters is 1. The number of imidazole rings is 1. The van der Waals surface area contributed by atoms with Crippen molar-refractivity contribution in [2.45, 2.75) is 20.3 Å². The quantitative estimate of drug-likeness (QED) is 0.663. The van der Waals surface area contributed by atoms with Gasteiger partial charge in [0.2, 0.25) is 5.95 Å². The molecular weight excluding hydrogens is 284 g/mol. The number of hydrogen-bond acceptors (Lipinski definition) is 5. The first-order valence-corrected chi connectivity index (χ1v) is 6.82. The molecule has 1 heterocycles. The number of ether oxygens (including phenoxy) is 1. The minimum Gasteiger partial charge on any atom is -0.425 e. The summed E-state index contributed by atoms with van der Waals surface area (Å²) in [6.07, 6.45) is 1.81. The van der Waals surface area contributed by atoms with E-state index in [1.165, 1.54) is 0 Å². The van der Waals surface area contributed by atoms with Gasteiger partial charge in [0.25, 0.3) is 5.91 Å². The smallest absolute Gasteiger partial charge is 0.310 e. The van der Waals surface area contributed by atoms with Crippen LogP contribution in [0.4, 0.5) is 11.8 Å². The SMILES string of the molecule is CCC(=O)Oc1c(C)cccc1C(=O)Nc1nc(N)cn1C. The van der Waals surface area contributed by atoms with Gasteiger partial charge in [0.15, 0.2) is 0 Å². The molecule has 0 radical (unpaired) electrons. The molecule has 0 aliphatic rings. The number of nitrogens with two attached hydrogens (primary N) is 1. The van der Waals surface area contributed by atoms with Crippen molar-refractivity contribution in [1.82, 2.24) is 9.55 Å². The molecule has 7 nitrogen and oxygen atoms in total. The third-order valence-electron chi connectivity index (χ3n) is 3.08. The van der Waals surface area contributed by atoms with Crippen LogP contribution in [0.3, 0.4) is 0 Å². The molecule has 0 saturated carbocycles. The highest BCUT2D eigenvalue weighted by Crippen LogP contribution is 2.25. The predicted molar refractivity (Wildman–Crippen MR) is 82.7 cm³/mol. The number of aromatic nitrogens is 2. The topological polar surface area (TPSA) is 99.2 Å². The molecule has 1 aromatic heterocycles. The van der Waals surface area contributed by atoms with E-state index in [1.54, 1.807) is 49.9 Å². The number of carbonyl (C=O) groups is 2. The molecule has 0 aliphatic carbocycles. The summed E-state index contributed by atoms with van der Waals surface area (Å²) in [5, 5.41) is 2.65. The summed E-state index contributed by atoms with van der Waals surface area (Å²) >= 11 is 0. The van der Waals surface area contributed by atoms with Crippen molar-refractivity contribution in [3.8, 4) is 5.75 Å². The highest BCUT2D eigenvalue weighted by atomic mass is 16.5. The van der Waals surface area contributed by atoms with Crippen molar-refractivity contribution in [2.75, 3.05) is 11.1 Å². The standard InChI is InChI=1S/C15H18N4O3/c1-4-12(20)22-13-9(2)6-5-7-10(13)14(21)18-15-17-11(16)8-19(15)3/h5-8H,4,16H2,1-3H3,(H,17,18,21). The van der Waals surface area contributed by atoms with E-state index in [9.17, 15) is 9.59 Å². The van der Waals surface area contributed by atoms with Crippen LogP contribution in [0.5, 0.6) is 5.75 Å². The average Bonchev–Trinajstić information content (AvgIpc) is 2.78. The Hall–Kier alpha value is -2.83. The molecule has 0 saturated heterocycles. The Morgan fingerprint density at radius 3 is 2.73 bits per heavy atom. The molecule has 116 valence electrons. The fraction of sp³-hybridized carbons (Fsp3) is 0.267. The van der Waals surface area contributed by atoms with Gasteiger partial charge in [-0.1, -0.05) is 19.1 Å². The summed E-state index contributed by atoms with van der Waals surface area (Å²) in [6.45, 7) is 3.46. The molecular formula is C15H18N4O3. The van der Waals surface area contributed by atoms with Crippen LogP contribution in [-0.4, -0.2) is 21.4 Å². The van der Waals surface area contributed by atoms with E-state index in [0.29, 0.717) is 17.3 Å². The van der Waals surface area contributed by atoms with Gasteiger partial charge in [-0.15, -0.1) is 0 Å². The first kappa shape index (κ1) is 15.6. The molecule has 0 aliphatic heterocycles. The lowest BCUT2D eigenvalue weighted by Crippen LogP contribution is -2.18. The second kappa shape index (κ2) is 6.30. The lowest BCUT2D eigenvalue weighted by Gasteiger charge is -2.12. The minimum absolute atomic E-state index is 0.227. The van der Waals surface area contributed by atoms with Crippen LogP contribution in [-0.2, 0) is 11.8 Å². The number of nitrogens with one attached hydrogen (secondary N) is 1. The number of nitrogen functional groups attached to an aromatic ring is 1. The average molecular weight is 302 g/mol. The third kappa shape index (κ3) is 3.25. The Labute approximate surface area is 128 Å². The number of aryl methyl sites for hydroxylation is 2. The summed E-state index contributed by atoms with van der Waals surface area (Å²) in [5.74, 6) is 0.0615. The lowest BCUT2D eigenvalue weighted by atomic mass is 10.1. The molecule has 0 fully saturated rings. The maximum absolute atomic E-state index is 12.4. The Bertz CT molecular complexity index is 722. The first-order valence-electron chi connectivity index (χ1n) is 6.82. The summed E-state index contributed by atoms with van der Waals surface area (Å²) in [5.41, 5.74) is 6.55. The fourth-order valence-electron chi connectivity index (χ4n) is 1.93. The zero-order chi connectivity index (χ0) is 16.3. The van der Waals surface area contributed by atoms with Gasteiger partial charge in [-0.3, -0.25) is 14.9 Å². The van der Waals surface area contributed by atoms with Crippen LogP contribution in [0.25, 0.3) is 0 Å². The molecule has 0 bridgehead atoms. The Kier molecular flexibility index (Phi) is 4.45. The zero-order valence-electron chi connectivity index (χ0n) is 12.7. The number of anilines is 2. The molecule has 0 unspecified atom stereocenters. The number of amides is 1. The van der Waals surface area contributed by atoms with Gasteiger partial charge >= 0.3 is 5.97 Å². The van der Waals surface area contributed by atoms with E-state index >= 15 is 0 Å². The van der Waals surface area contributed by atoms with Crippen LogP contribution in [0.15, 0.2) is 24.4 Å². The van der Waals surface area contributed by atoms with Gasteiger partial charge in [0, 0.05) is 19.7 Å². The molecule has 1 aromatic carbocycles. The lowest BCUT2D eigenvalue weighted by molar-refractivity contribution is -0.134. The van der Waals surface area contributed by atoms with Crippen molar-refractivity contribution in [2.24, 2.45) is 7.05 Å². The Balaban J connectivity index is 2.31. The van der Waals surface area contributed by atoms with Crippen molar-refractivity contribution in [3.63, 3.8) is 0 Å². The molecule has 2 aromatic rings. The number of carbonyl (C=O) groups excluding carboxylic acids is 2. The summed E-state index contributed by atoms with van der Waals surface area (Å²) < 4.78 is 6.87. The van der Waals surface area contributed by atoms with Gasteiger partial charge in [-0.05, 0) is 18.6 Å². The summed E-state index contributed by atoms with van der Waals surface area (Å²) in [4.78, 5) is 28.0. The number of benzene rings is 1. The molecule has 22 heavy (non-hydrogen) atoms. The zero-order valence-corrected chi connectivity index (χ0v) is 12.7. The normalized spacial score (nSPS) is 10.3. The van der Waals surface area contributed by atoms with Gasteiger partial charge in [0.05, 0.1) is 5.56 Å². The van der Waals surface area contributed by atoms with E-state index < -0.39 is 11.9 Å². The van der Waals surface area contributed by atoms with Crippen molar-refractivity contribution < 1.29 is 14.3 Å². The largest absolute Gasteiger partial charge is 0.425 e. The second-order valence-corrected chi connectivity index (χ2v) is 4.83. The third-order valence-corrected chi connectivity index (χ3v) is 3.08.